The number of nitrogens with one attached hydrogen (secondary N) is 3. The maximum absolute atomic E-state index is 6.26. The van der Waals surface area contributed by atoms with Crippen molar-refractivity contribution in [1.82, 2.24) is 19.9 Å². The smallest absolute Gasteiger partial charge is 0.231 e. The summed E-state index contributed by atoms with van der Waals surface area (Å²) in [6, 6.07) is 6.66. The van der Waals surface area contributed by atoms with Crippen LogP contribution in [0.4, 0.5) is 23.1 Å². The predicted molar refractivity (Wildman–Crippen MR) is 135 cm³/mol. The Hall–Kier alpha value is -2.91. The largest absolute Gasteiger partial charge is 0.378 e. The van der Waals surface area contributed by atoms with Gasteiger partial charge in [-0.2, -0.15) is 9.97 Å². The fraction of sp³-hybridized carbons (Fsp3) is 0.560. The van der Waals surface area contributed by atoms with Gasteiger partial charge in [0.2, 0.25) is 5.95 Å². The molecule has 0 bridgehead atoms. The van der Waals surface area contributed by atoms with Crippen LogP contribution >= 0.6 is 0 Å². The average molecular weight is 466 g/mol. The molecule has 0 unspecified atom stereocenters. The first-order valence-electron chi connectivity index (χ1n) is 12.1. The number of imidazole rings is 1. The highest BCUT2D eigenvalue weighted by Crippen LogP contribution is 2.37. The molecule has 182 valence electrons. The topological polar surface area (TPSA) is 100 Å². The van der Waals surface area contributed by atoms with Crippen molar-refractivity contribution in [2.24, 2.45) is 0 Å². The van der Waals surface area contributed by atoms with Gasteiger partial charge in [0.25, 0.3) is 0 Å². The van der Waals surface area contributed by atoms with Crippen LogP contribution in [0.15, 0.2) is 24.5 Å². The van der Waals surface area contributed by atoms with Gasteiger partial charge in [-0.05, 0) is 71.2 Å². The first kappa shape index (κ1) is 22.9. The molecule has 3 aromatic rings. The lowest BCUT2D eigenvalue weighted by atomic mass is 9.85. The van der Waals surface area contributed by atoms with Crippen molar-refractivity contribution in [2.45, 2.75) is 64.7 Å². The molecule has 9 heteroatoms. The highest BCUT2D eigenvalue weighted by molar-refractivity contribution is 5.84. The zero-order valence-electron chi connectivity index (χ0n) is 20.7. The number of aromatic amines is 1. The number of benzene rings is 1. The highest BCUT2D eigenvalue weighted by Gasteiger charge is 2.39. The Morgan fingerprint density at radius 3 is 2.50 bits per heavy atom. The van der Waals surface area contributed by atoms with Crippen molar-refractivity contribution in [2.75, 3.05) is 41.8 Å². The molecular weight excluding hydrogens is 430 g/mol. The van der Waals surface area contributed by atoms with Gasteiger partial charge in [0.1, 0.15) is 5.52 Å². The minimum atomic E-state index is -0.208. The van der Waals surface area contributed by atoms with E-state index < -0.39 is 0 Å². The third-order valence-electron chi connectivity index (χ3n) is 6.49. The van der Waals surface area contributed by atoms with Crippen molar-refractivity contribution in [3.63, 3.8) is 0 Å². The molecule has 9 nitrogen and oxygen atoms in total. The van der Waals surface area contributed by atoms with E-state index >= 15 is 0 Å². The maximum Gasteiger partial charge on any atom is 0.231 e. The van der Waals surface area contributed by atoms with E-state index in [9.17, 15) is 0 Å². The van der Waals surface area contributed by atoms with Crippen LogP contribution in [0.25, 0.3) is 11.2 Å². The molecule has 3 N–H and O–H groups in total. The lowest BCUT2D eigenvalue weighted by Gasteiger charge is -2.45. The number of hydrogen-bond donors (Lipinski definition) is 3. The summed E-state index contributed by atoms with van der Waals surface area (Å²) < 4.78 is 11.7. The van der Waals surface area contributed by atoms with Crippen LogP contribution in [-0.4, -0.2) is 63.5 Å². The van der Waals surface area contributed by atoms with Gasteiger partial charge in [-0.15, -0.1) is 0 Å². The summed E-state index contributed by atoms with van der Waals surface area (Å²) in [5.74, 6) is 1.28. The molecule has 2 aliphatic rings. The van der Waals surface area contributed by atoms with Gasteiger partial charge in [0.15, 0.2) is 11.5 Å². The summed E-state index contributed by atoms with van der Waals surface area (Å²) >= 11 is 0. The number of fused-ring (bicyclic) bond motifs is 1. The molecule has 2 saturated heterocycles. The van der Waals surface area contributed by atoms with Gasteiger partial charge in [-0.3, -0.25) is 0 Å². The Morgan fingerprint density at radius 2 is 1.79 bits per heavy atom. The van der Waals surface area contributed by atoms with Gasteiger partial charge >= 0.3 is 0 Å². The maximum atomic E-state index is 6.26. The normalized spacial score (nSPS) is 20.4. The van der Waals surface area contributed by atoms with Gasteiger partial charge < -0.3 is 30.0 Å². The van der Waals surface area contributed by atoms with E-state index in [2.05, 4.69) is 83.3 Å². The molecule has 2 fully saturated rings. The fourth-order valence-electron chi connectivity index (χ4n) is 5.31. The van der Waals surface area contributed by atoms with Crippen LogP contribution < -0.4 is 15.5 Å². The van der Waals surface area contributed by atoms with Crippen molar-refractivity contribution >= 4 is 34.3 Å². The second-order valence-electron chi connectivity index (χ2n) is 10.6. The standard InChI is InChI=1S/C25H35N7O2/c1-16-12-18(32-8-10-33-11-9-32)6-7-19(16)29-23-30-21-20(26-15-27-21)22(31-23)28-17-13-24(2,3)34-25(4,5)14-17/h6-7,12,15,17H,8-11,13-14H2,1-5H3,(H3,26,27,28,29,30,31). The molecule has 0 amide bonds. The number of rotatable bonds is 5. The molecule has 2 aliphatic heterocycles. The molecule has 0 atom stereocenters. The van der Waals surface area contributed by atoms with Crippen molar-refractivity contribution in [3.8, 4) is 0 Å². The molecule has 1 aromatic carbocycles. The molecule has 0 saturated carbocycles. The summed E-state index contributed by atoms with van der Waals surface area (Å²) in [6.07, 6.45) is 3.44. The molecule has 5 rings (SSSR count). The molecule has 0 radical (unpaired) electrons. The monoisotopic (exact) mass is 465 g/mol. The summed E-state index contributed by atoms with van der Waals surface area (Å²) in [4.78, 5) is 19.4. The Labute approximate surface area is 200 Å². The van der Waals surface area contributed by atoms with Gasteiger partial charge in [0, 0.05) is 30.5 Å². The van der Waals surface area contributed by atoms with E-state index in [0.717, 1.165) is 61.7 Å². The fourth-order valence-corrected chi connectivity index (χ4v) is 5.31. The zero-order valence-corrected chi connectivity index (χ0v) is 20.7. The lowest BCUT2D eigenvalue weighted by Crippen LogP contribution is -2.49. The Balaban J connectivity index is 1.39. The van der Waals surface area contributed by atoms with E-state index in [-0.39, 0.29) is 17.2 Å². The van der Waals surface area contributed by atoms with E-state index in [1.807, 2.05) is 0 Å². The number of aromatic nitrogens is 4. The average Bonchev–Trinajstić information content (AvgIpc) is 3.22. The number of hydrogen-bond acceptors (Lipinski definition) is 8. The third kappa shape index (κ3) is 4.95. The SMILES string of the molecule is Cc1cc(N2CCOCC2)ccc1Nc1nc(NC2CC(C)(C)OC(C)(C)C2)c2[nH]cnc2n1. The number of aryl methyl sites for hydroxylation is 1. The van der Waals surface area contributed by atoms with Crippen molar-refractivity contribution in [1.29, 1.82) is 0 Å². The molecular formula is C25H35N7O2. The number of nitrogens with zero attached hydrogens (tertiary/aromatic N) is 4. The van der Waals surface area contributed by atoms with Crippen LogP contribution in [0.2, 0.25) is 0 Å². The van der Waals surface area contributed by atoms with Crippen LogP contribution in [0.3, 0.4) is 0 Å². The molecule has 2 aromatic heterocycles. The van der Waals surface area contributed by atoms with Crippen LogP contribution in [0.5, 0.6) is 0 Å². The highest BCUT2D eigenvalue weighted by atomic mass is 16.5. The third-order valence-corrected chi connectivity index (χ3v) is 6.49. The lowest BCUT2D eigenvalue weighted by molar-refractivity contribution is -0.158. The number of H-pyrrole nitrogens is 1. The molecule has 0 aliphatic carbocycles. The summed E-state index contributed by atoms with van der Waals surface area (Å²) in [5.41, 5.74) is 4.35. The number of ether oxygens (including phenoxy) is 2. The molecule has 34 heavy (non-hydrogen) atoms. The van der Waals surface area contributed by atoms with Crippen LogP contribution in [-0.2, 0) is 9.47 Å². The van der Waals surface area contributed by atoms with Crippen molar-refractivity contribution < 1.29 is 9.47 Å². The molecule has 0 spiro atoms. The zero-order chi connectivity index (χ0) is 23.9. The van der Waals surface area contributed by atoms with E-state index in [4.69, 9.17) is 14.5 Å². The van der Waals surface area contributed by atoms with E-state index in [1.54, 1.807) is 6.33 Å². The van der Waals surface area contributed by atoms with Gasteiger partial charge in [-0.1, -0.05) is 0 Å². The minimum Gasteiger partial charge on any atom is -0.378 e. The second-order valence-corrected chi connectivity index (χ2v) is 10.6. The summed E-state index contributed by atoms with van der Waals surface area (Å²) in [5, 5.41) is 7.06. The second kappa shape index (κ2) is 8.70. The van der Waals surface area contributed by atoms with E-state index in [0.29, 0.717) is 11.6 Å². The number of anilines is 4. The van der Waals surface area contributed by atoms with Crippen molar-refractivity contribution in [3.05, 3.63) is 30.1 Å². The van der Waals surface area contributed by atoms with Gasteiger partial charge in [-0.25, -0.2) is 4.98 Å². The minimum absolute atomic E-state index is 0.208. The first-order chi connectivity index (χ1) is 16.2. The quantitative estimate of drug-likeness (QED) is 0.510. The Bertz CT molecular complexity index is 1150. The van der Waals surface area contributed by atoms with E-state index in [1.165, 1.54) is 5.69 Å². The Kier molecular flexibility index (Phi) is 5.85. The summed E-state index contributed by atoms with van der Waals surface area (Å²) in [7, 11) is 0. The van der Waals surface area contributed by atoms with Gasteiger partial charge in [0.05, 0.1) is 30.7 Å². The van der Waals surface area contributed by atoms with Crippen LogP contribution in [0, 0.1) is 6.92 Å². The number of morpholine rings is 1. The predicted octanol–water partition coefficient (Wildman–Crippen LogP) is 4.39. The van der Waals surface area contributed by atoms with Crippen LogP contribution in [0.1, 0.15) is 46.1 Å². The Morgan fingerprint density at radius 1 is 1.06 bits per heavy atom. The first-order valence-corrected chi connectivity index (χ1v) is 12.1. The molecule has 4 heterocycles. The summed E-state index contributed by atoms with van der Waals surface area (Å²) in [6.45, 7) is 14.1.